The van der Waals surface area contributed by atoms with E-state index in [0.29, 0.717) is 0 Å². The molecule has 0 bridgehead atoms. The first kappa shape index (κ1) is 14.0. The molecule has 1 aromatic carbocycles. The second-order valence-corrected chi connectivity index (χ2v) is 5.85. The van der Waals surface area contributed by atoms with E-state index >= 15 is 0 Å². The second-order valence-electron chi connectivity index (χ2n) is 5.85. The van der Waals surface area contributed by atoms with Gasteiger partial charge in [-0.25, -0.2) is 0 Å². The summed E-state index contributed by atoms with van der Waals surface area (Å²) in [5.74, 6) is 0. The van der Waals surface area contributed by atoms with E-state index < -0.39 is 0 Å². The highest BCUT2D eigenvalue weighted by atomic mass is 16.5. The Kier molecular flexibility index (Phi) is 4.36. The van der Waals surface area contributed by atoms with E-state index in [9.17, 15) is 5.11 Å². The SMILES string of the molecule is CN(CCN1CCOCC1)[C@H]1Cc2ccccc2[C@H]1O. The number of hydrogen-bond donors (Lipinski definition) is 1. The smallest absolute Gasteiger partial charge is 0.0950 e. The van der Waals surface area contributed by atoms with Crippen molar-refractivity contribution in [1.82, 2.24) is 9.80 Å². The monoisotopic (exact) mass is 276 g/mol. The summed E-state index contributed by atoms with van der Waals surface area (Å²) in [6.07, 6.45) is 0.609. The van der Waals surface area contributed by atoms with Crippen molar-refractivity contribution < 1.29 is 9.84 Å². The molecule has 0 saturated carbocycles. The highest BCUT2D eigenvalue weighted by molar-refractivity contribution is 5.35. The van der Waals surface area contributed by atoms with Gasteiger partial charge in [0.25, 0.3) is 0 Å². The van der Waals surface area contributed by atoms with E-state index in [1.165, 1.54) is 5.56 Å². The number of aliphatic hydroxyl groups excluding tert-OH is 1. The molecule has 1 fully saturated rings. The van der Waals surface area contributed by atoms with Gasteiger partial charge >= 0.3 is 0 Å². The summed E-state index contributed by atoms with van der Waals surface area (Å²) in [4.78, 5) is 4.74. The Balaban J connectivity index is 1.54. The molecule has 0 unspecified atom stereocenters. The molecule has 0 aromatic heterocycles. The Labute approximate surface area is 120 Å². The number of nitrogens with zero attached hydrogens (tertiary/aromatic N) is 2. The Morgan fingerprint density at radius 1 is 1.30 bits per heavy atom. The first-order valence-electron chi connectivity index (χ1n) is 7.52. The summed E-state index contributed by atoms with van der Waals surface area (Å²) in [5, 5.41) is 10.5. The third-order valence-electron chi connectivity index (χ3n) is 4.61. The molecule has 0 radical (unpaired) electrons. The van der Waals surface area contributed by atoms with Gasteiger partial charge in [-0.05, 0) is 24.6 Å². The zero-order valence-electron chi connectivity index (χ0n) is 12.2. The number of benzene rings is 1. The molecule has 4 heteroatoms. The minimum Gasteiger partial charge on any atom is -0.387 e. The number of fused-ring (bicyclic) bond motifs is 1. The summed E-state index contributed by atoms with van der Waals surface area (Å²) in [5.41, 5.74) is 2.40. The normalized spacial score (nSPS) is 26.9. The van der Waals surface area contributed by atoms with Crippen LogP contribution in [0, 0.1) is 0 Å². The van der Waals surface area contributed by atoms with Crippen LogP contribution in [0.5, 0.6) is 0 Å². The predicted molar refractivity (Wildman–Crippen MR) is 78.8 cm³/mol. The lowest BCUT2D eigenvalue weighted by molar-refractivity contribution is 0.0251. The van der Waals surface area contributed by atoms with Gasteiger partial charge in [-0.15, -0.1) is 0 Å². The Morgan fingerprint density at radius 2 is 2.05 bits per heavy atom. The van der Waals surface area contributed by atoms with Crippen LogP contribution in [0.4, 0.5) is 0 Å². The predicted octanol–water partition coefficient (Wildman–Crippen LogP) is 0.909. The van der Waals surface area contributed by atoms with Crippen molar-refractivity contribution in [3.63, 3.8) is 0 Å². The van der Waals surface area contributed by atoms with Crippen molar-refractivity contribution in [2.24, 2.45) is 0 Å². The molecule has 20 heavy (non-hydrogen) atoms. The third kappa shape index (κ3) is 2.88. The second kappa shape index (κ2) is 6.22. The Morgan fingerprint density at radius 3 is 2.80 bits per heavy atom. The van der Waals surface area contributed by atoms with Crippen molar-refractivity contribution in [2.75, 3.05) is 46.4 Å². The van der Waals surface area contributed by atoms with Gasteiger partial charge in [0.1, 0.15) is 0 Å². The number of likely N-dealkylation sites (N-methyl/N-ethyl adjacent to an activating group) is 1. The fourth-order valence-electron chi connectivity index (χ4n) is 3.24. The first-order valence-corrected chi connectivity index (χ1v) is 7.52. The topological polar surface area (TPSA) is 35.9 Å². The molecule has 110 valence electrons. The zero-order chi connectivity index (χ0) is 13.9. The lowest BCUT2D eigenvalue weighted by Crippen LogP contribution is -2.44. The average molecular weight is 276 g/mol. The van der Waals surface area contributed by atoms with Crippen LogP contribution in [-0.2, 0) is 11.2 Å². The van der Waals surface area contributed by atoms with Crippen molar-refractivity contribution in [2.45, 2.75) is 18.6 Å². The summed E-state index contributed by atoms with van der Waals surface area (Å²) in [6.45, 7) is 5.81. The van der Waals surface area contributed by atoms with E-state index in [1.807, 2.05) is 6.07 Å². The molecule has 0 spiro atoms. The van der Waals surface area contributed by atoms with Gasteiger partial charge in [-0.2, -0.15) is 0 Å². The van der Waals surface area contributed by atoms with Gasteiger partial charge in [0.15, 0.2) is 0 Å². The van der Waals surface area contributed by atoms with Crippen molar-refractivity contribution in [1.29, 1.82) is 0 Å². The maximum atomic E-state index is 10.5. The van der Waals surface area contributed by atoms with Crippen LogP contribution in [0.2, 0.25) is 0 Å². The molecule has 0 amide bonds. The zero-order valence-corrected chi connectivity index (χ0v) is 12.2. The molecular formula is C16H24N2O2. The van der Waals surface area contributed by atoms with Crippen LogP contribution >= 0.6 is 0 Å². The van der Waals surface area contributed by atoms with Gasteiger partial charge < -0.3 is 9.84 Å². The van der Waals surface area contributed by atoms with Crippen LogP contribution in [0.15, 0.2) is 24.3 Å². The lowest BCUT2D eigenvalue weighted by atomic mass is 10.1. The molecule has 1 aromatic rings. The molecular weight excluding hydrogens is 252 g/mol. The number of hydrogen-bond acceptors (Lipinski definition) is 4. The minimum atomic E-state index is -0.346. The molecule has 1 aliphatic carbocycles. The fourth-order valence-corrected chi connectivity index (χ4v) is 3.24. The maximum Gasteiger partial charge on any atom is 0.0950 e. The number of ether oxygens (including phenoxy) is 1. The fraction of sp³-hybridized carbons (Fsp3) is 0.625. The van der Waals surface area contributed by atoms with E-state index in [1.54, 1.807) is 0 Å². The molecule has 1 N–H and O–H groups in total. The molecule has 2 aliphatic rings. The molecule has 3 rings (SSSR count). The van der Waals surface area contributed by atoms with Gasteiger partial charge in [0.05, 0.1) is 19.3 Å². The first-order chi connectivity index (χ1) is 9.75. The van der Waals surface area contributed by atoms with Gasteiger partial charge in [-0.3, -0.25) is 9.80 Å². The van der Waals surface area contributed by atoms with E-state index in [2.05, 4.69) is 35.0 Å². The van der Waals surface area contributed by atoms with Crippen molar-refractivity contribution >= 4 is 0 Å². The molecule has 1 aliphatic heterocycles. The number of aliphatic hydroxyl groups is 1. The molecule has 4 nitrogen and oxygen atoms in total. The number of rotatable bonds is 4. The van der Waals surface area contributed by atoms with E-state index in [-0.39, 0.29) is 12.1 Å². The summed E-state index contributed by atoms with van der Waals surface area (Å²) >= 11 is 0. The minimum absolute atomic E-state index is 0.216. The van der Waals surface area contributed by atoms with Crippen LogP contribution < -0.4 is 0 Å². The Hall–Kier alpha value is -0.940. The largest absolute Gasteiger partial charge is 0.387 e. The molecule has 1 saturated heterocycles. The lowest BCUT2D eigenvalue weighted by Gasteiger charge is -2.32. The Bertz CT molecular complexity index is 446. The summed E-state index contributed by atoms with van der Waals surface area (Å²) in [7, 11) is 2.13. The van der Waals surface area contributed by atoms with Crippen LogP contribution in [0.3, 0.4) is 0 Å². The highest BCUT2D eigenvalue weighted by Gasteiger charge is 2.33. The van der Waals surface area contributed by atoms with Gasteiger partial charge in [0.2, 0.25) is 0 Å². The van der Waals surface area contributed by atoms with Crippen LogP contribution in [0.1, 0.15) is 17.2 Å². The summed E-state index contributed by atoms with van der Waals surface area (Å²) in [6, 6.07) is 8.47. The quantitative estimate of drug-likeness (QED) is 0.887. The van der Waals surface area contributed by atoms with E-state index in [0.717, 1.165) is 51.4 Å². The number of morpholine rings is 1. The van der Waals surface area contributed by atoms with E-state index in [4.69, 9.17) is 4.74 Å². The third-order valence-corrected chi connectivity index (χ3v) is 4.61. The highest BCUT2D eigenvalue weighted by Crippen LogP contribution is 2.33. The molecule has 2 atom stereocenters. The van der Waals surface area contributed by atoms with Crippen LogP contribution in [0.25, 0.3) is 0 Å². The molecule has 1 heterocycles. The van der Waals surface area contributed by atoms with Crippen molar-refractivity contribution in [3.05, 3.63) is 35.4 Å². The average Bonchev–Trinajstić information content (AvgIpc) is 2.84. The van der Waals surface area contributed by atoms with Crippen molar-refractivity contribution in [3.8, 4) is 0 Å². The van der Waals surface area contributed by atoms with Crippen LogP contribution in [-0.4, -0.2) is 67.4 Å². The van der Waals surface area contributed by atoms with Gasteiger partial charge in [-0.1, -0.05) is 24.3 Å². The maximum absolute atomic E-state index is 10.5. The van der Waals surface area contributed by atoms with Gasteiger partial charge in [0, 0.05) is 32.2 Å². The summed E-state index contributed by atoms with van der Waals surface area (Å²) < 4.78 is 5.37. The standard InChI is InChI=1S/C16H24N2O2/c1-17(6-7-18-8-10-20-11-9-18)15-12-13-4-2-3-5-14(13)16(15)19/h2-5,15-16,19H,6-12H2,1H3/t15-,16+/m0/s1.